The van der Waals surface area contributed by atoms with Gasteiger partial charge < -0.3 is 10.1 Å². The zero-order valence-electron chi connectivity index (χ0n) is 9.88. The van der Waals surface area contributed by atoms with E-state index in [0.29, 0.717) is 19.8 Å². The second-order valence-corrected chi connectivity index (χ2v) is 5.45. The van der Waals surface area contributed by atoms with Gasteiger partial charge in [0.1, 0.15) is 0 Å². The van der Waals surface area contributed by atoms with Crippen LogP contribution in [-0.4, -0.2) is 29.1 Å². The van der Waals surface area contributed by atoms with Crippen LogP contribution in [0.3, 0.4) is 0 Å². The number of aromatic nitrogens is 2. The van der Waals surface area contributed by atoms with Gasteiger partial charge in [0.2, 0.25) is 11.0 Å². The quantitative estimate of drug-likeness (QED) is 0.925. The molecular formula is C10H14F3N3OS. The van der Waals surface area contributed by atoms with Crippen molar-refractivity contribution >= 4 is 16.7 Å². The number of anilines is 1. The van der Waals surface area contributed by atoms with E-state index in [1.165, 1.54) is 0 Å². The Balaban J connectivity index is 1.92. The fraction of sp³-hybridized carbons (Fsp3) is 0.800. The maximum Gasteiger partial charge on any atom is 0.452 e. The van der Waals surface area contributed by atoms with Crippen molar-refractivity contribution in [3.05, 3.63) is 5.82 Å². The molecule has 2 heterocycles. The van der Waals surface area contributed by atoms with Gasteiger partial charge in [0.05, 0.1) is 0 Å². The molecule has 0 unspecified atom stereocenters. The maximum absolute atomic E-state index is 12.3. The van der Waals surface area contributed by atoms with Crippen molar-refractivity contribution in [3.8, 4) is 0 Å². The minimum atomic E-state index is -4.47. The van der Waals surface area contributed by atoms with Gasteiger partial charge in [0.25, 0.3) is 0 Å². The first-order valence-corrected chi connectivity index (χ1v) is 6.39. The minimum Gasteiger partial charge on any atom is -0.381 e. The topological polar surface area (TPSA) is 47.0 Å². The normalized spacial score (nSPS) is 19.8. The van der Waals surface area contributed by atoms with Gasteiger partial charge in [0, 0.05) is 31.3 Å². The van der Waals surface area contributed by atoms with Crippen molar-refractivity contribution in [2.24, 2.45) is 5.41 Å². The third kappa shape index (κ3) is 3.32. The van der Waals surface area contributed by atoms with E-state index in [-0.39, 0.29) is 10.5 Å². The Kier molecular flexibility index (Phi) is 3.76. The fourth-order valence-corrected chi connectivity index (χ4v) is 2.32. The molecule has 102 valence electrons. The molecule has 4 nitrogen and oxygen atoms in total. The van der Waals surface area contributed by atoms with Crippen molar-refractivity contribution in [2.45, 2.75) is 25.9 Å². The number of nitrogens with one attached hydrogen (secondary N) is 1. The van der Waals surface area contributed by atoms with Crippen LogP contribution in [-0.2, 0) is 10.9 Å². The van der Waals surface area contributed by atoms with Gasteiger partial charge >= 0.3 is 6.18 Å². The van der Waals surface area contributed by atoms with Gasteiger partial charge in [-0.1, -0.05) is 6.92 Å². The molecule has 1 fully saturated rings. The molecule has 1 saturated heterocycles. The summed E-state index contributed by atoms with van der Waals surface area (Å²) < 4.78 is 45.5. The molecule has 0 spiro atoms. The van der Waals surface area contributed by atoms with Crippen LogP contribution in [0.2, 0.25) is 0 Å². The summed E-state index contributed by atoms with van der Waals surface area (Å²) >= 11 is 0.740. The third-order valence-corrected chi connectivity index (χ3v) is 3.72. The summed E-state index contributed by atoms with van der Waals surface area (Å²) in [6.45, 7) is 4.07. The predicted octanol–water partition coefficient (Wildman–Crippen LogP) is 2.79. The molecule has 0 radical (unpaired) electrons. The lowest BCUT2D eigenvalue weighted by atomic mass is 9.82. The SMILES string of the molecule is CC1(CNc2nc(C(F)(F)F)ns2)CCOCC1. The lowest BCUT2D eigenvalue weighted by Crippen LogP contribution is -2.33. The van der Waals surface area contributed by atoms with Gasteiger partial charge in [-0.05, 0) is 18.3 Å². The molecule has 18 heavy (non-hydrogen) atoms. The first-order chi connectivity index (χ1) is 8.39. The van der Waals surface area contributed by atoms with Crippen molar-refractivity contribution in [1.82, 2.24) is 9.36 Å². The van der Waals surface area contributed by atoms with Gasteiger partial charge in [-0.2, -0.15) is 22.5 Å². The Labute approximate surface area is 107 Å². The fourth-order valence-electron chi connectivity index (χ4n) is 1.74. The molecule has 0 atom stereocenters. The average Bonchev–Trinajstić information content (AvgIpc) is 2.76. The summed E-state index contributed by atoms with van der Waals surface area (Å²) in [5, 5.41) is 3.15. The third-order valence-electron chi connectivity index (χ3n) is 3.05. The molecule has 1 N–H and O–H groups in total. The molecular weight excluding hydrogens is 267 g/mol. The molecule has 1 aromatic heterocycles. The highest BCUT2D eigenvalue weighted by molar-refractivity contribution is 7.09. The van der Waals surface area contributed by atoms with Crippen LogP contribution in [0.4, 0.5) is 18.3 Å². The van der Waals surface area contributed by atoms with E-state index < -0.39 is 12.0 Å². The first-order valence-electron chi connectivity index (χ1n) is 5.62. The largest absolute Gasteiger partial charge is 0.452 e. The van der Waals surface area contributed by atoms with Crippen molar-refractivity contribution < 1.29 is 17.9 Å². The smallest absolute Gasteiger partial charge is 0.381 e. The Morgan fingerprint density at radius 1 is 1.39 bits per heavy atom. The molecule has 0 aromatic carbocycles. The number of hydrogen-bond acceptors (Lipinski definition) is 5. The lowest BCUT2D eigenvalue weighted by molar-refractivity contribution is -0.144. The maximum atomic E-state index is 12.3. The predicted molar refractivity (Wildman–Crippen MR) is 61.6 cm³/mol. The van der Waals surface area contributed by atoms with E-state index in [9.17, 15) is 13.2 Å². The van der Waals surface area contributed by atoms with Crippen LogP contribution in [0.1, 0.15) is 25.6 Å². The summed E-state index contributed by atoms with van der Waals surface area (Å²) in [5.41, 5.74) is 0.0440. The minimum absolute atomic E-state index is 0.0440. The van der Waals surface area contributed by atoms with E-state index >= 15 is 0 Å². The molecule has 1 aliphatic rings. The van der Waals surface area contributed by atoms with Crippen LogP contribution in [0, 0.1) is 5.41 Å². The van der Waals surface area contributed by atoms with Crippen molar-refractivity contribution in [3.63, 3.8) is 0 Å². The van der Waals surface area contributed by atoms with Gasteiger partial charge in [-0.25, -0.2) is 0 Å². The first kappa shape index (κ1) is 13.5. The van der Waals surface area contributed by atoms with E-state index in [0.717, 1.165) is 24.4 Å². The number of ether oxygens (including phenoxy) is 1. The highest BCUT2D eigenvalue weighted by atomic mass is 32.1. The standard InChI is InChI=1S/C10H14F3N3OS/c1-9(2-4-17-5-3-9)6-14-8-15-7(16-18-8)10(11,12)13/h2-6H2,1H3,(H,14,15,16). The number of rotatable bonds is 3. The Morgan fingerprint density at radius 2 is 2.06 bits per heavy atom. The second-order valence-electron chi connectivity index (χ2n) is 4.70. The molecule has 8 heteroatoms. The van der Waals surface area contributed by atoms with Crippen molar-refractivity contribution in [1.29, 1.82) is 0 Å². The van der Waals surface area contributed by atoms with Crippen LogP contribution in [0.15, 0.2) is 0 Å². The average molecular weight is 281 g/mol. The monoisotopic (exact) mass is 281 g/mol. The van der Waals surface area contributed by atoms with Crippen LogP contribution < -0.4 is 5.32 Å². The molecule has 0 aliphatic carbocycles. The Hall–Kier alpha value is -0.890. The van der Waals surface area contributed by atoms with Crippen LogP contribution in [0.25, 0.3) is 0 Å². The summed E-state index contributed by atoms with van der Waals surface area (Å²) in [5.74, 6) is -1.08. The highest BCUT2D eigenvalue weighted by Crippen LogP contribution is 2.32. The Morgan fingerprint density at radius 3 is 2.61 bits per heavy atom. The summed E-state index contributed by atoms with van der Waals surface area (Å²) in [6, 6.07) is 0. The van der Waals surface area contributed by atoms with Crippen molar-refractivity contribution in [2.75, 3.05) is 25.1 Å². The second kappa shape index (κ2) is 5.00. The van der Waals surface area contributed by atoms with Crippen LogP contribution >= 0.6 is 11.5 Å². The summed E-state index contributed by atoms with van der Waals surface area (Å²) in [6.07, 6.45) is -2.69. The van der Waals surface area contributed by atoms with E-state index in [1.54, 1.807) is 0 Å². The van der Waals surface area contributed by atoms with E-state index in [4.69, 9.17) is 4.74 Å². The highest BCUT2D eigenvalue weighted by Gasteiger charge is 2.36. The molecule has 2 rings (SSSR count). The zero-order valence-corrected chi connectivity index (χ0v) is 10.7. The number of halogens is 3. The summed E-state index contributed by atoms with van der Waals surface area (Å²) in [4.78, 5) is 3.44. The zero-order chi connectivity index (χ0) is 13.2. The molecule has 1 aromatic rings. The van der Waals surface area contributed by atoms with E-state index in [1.807, 2.05) is 0 Å². The number of nitrogens with zero attached hydrogens (tertiary/aromatic N) is 2. The van der Waals surface area contributed by atoms with Gasteiger partial charge in [-0.3, -0.25) is 0 Å². The lowest BCUT2D eigenvalue weighted by Gasteiger charge is -2.33. The van der Waals surface area contributed by atoms with E-state index in [2.05, 4.69) is 21.6 Å². The molecule has 0 saturated carbocycles. The van der Waals surface area contributed by atoms with Gasteiger partial charge in [0.15, 0.2) is 0 Å². The summed E-state index contributed by atoms with van der Waals surface area (Å²) in [7, 11) is 0. The van der Waals surface area contributed by atoms with Gasteiger partial charge in [-0.15, -0.1) is 0 Å². The van der Waals surface area contributed by atoms with Crippen LogP contribution in [0.5, 0.6) is 0 Å². The Bertz CT molecular complexity index is 401. The molecule has 1 aliphatic heterocycles. The number of alkyl halides is 3. The number of hydrogen-bond donors (Lipinski definition) is 1. The molecule has 0 amide bonds. The molecule has 0 bridgehead atoms.